The minimum Gasteiger partial charge on any atom is -0.478 e. The van der Waals surface area contributed by atoms with Gasteiger partial charge in [0.2, 0.25) is 0 Å². The van der Waals surface area contributed by atoms with Crippen molar-refractivity contribution in [2.75, 3.05) is 5.32 Å². The lowest BCUT2D eigenvalue weighted by Gasteiger charge is -2.09. The number of rotatable bonds is 3. The van der Waals surface area contributed by atoms with E-state index < -0.39 is 5.97 Å². The highest BCUT2D eigenvalue weighted by Crippen LogP contribution is 2.24. The van der Waals surface area contributed by atoms with E-state index >= 15 is 0 Å². The van der Waals surface area contributed by atoms with Gasteiger partial charge in [0.05, 0.1) is 0 Å². The normalized spacial score (nSPS) is 10.1. The maximum absolute atomic E-state index is 11.0. The molecule has 2 rings (SSSR count). The number of nitrogens with one attached hydrogen (secondary N) is 1. The highest BCUT2D eigenvalue weighted by Gasteiger charge is 2.10. The summed E-state index contributed by atoms with van der Waals surface area (Å²) < 4.78 is 0.959. The summed E-state index contributed by atoms with van der Waals surface area (Å²) in [5.41, 5.74) is 2.04. The molecule has 4 nitrogen and oxygen atoms in total. The summed E-state index contributed by atoms with van der Waals surface area (Å²) in [5.74, 6) is -0.669. The lowest BCUT2D eigenvalue weighted by Crippen LogP contribution is -2.04. The fourth-order valence-corrected chi connectivity index (χ4v) is 1.86. The van der Waals surface area contributed by atoms with Crippen molar-refractivity contribution in [3.05, 3.63) is 52.1 Å². The van der Waals surface area contributed by atoms with Crippen molar-refractivity contribution in [3.63, 3.8) is 0 Å². The SMILES string of the molecule is Cc1ccc(Nc2ncccc2C(=O)O)cc1Br. The molecular formula is C13H11BrN2O2. The smallest absolute Gasteiger partial charge is 0.339 e. The molecule has 0 fully saturated rings. The Kier molecular flexibility index (Phi) is 3.62. The Hall–Kier alpha value is -1.88. The van der Waals surface area contributed by atoms with Crippen LogP contribution in [0.4, 0.5) is 11.5 Å². The topological polar surface area (TPSA) is 62.2 Å². The van der Waals surface area contributed by atoms with Gasteiger partial charge in [-0.15, -0.1) is 0 Å². The summed E-state index contributed by atoms with van der Waals surface area (Å²) in [4.78, 5) is 15.1. The van der Waals surface area contributed by atoms with E-state index in [0.29, 0.717) is 5.82 Å². The van der Waals surface area contributed by atoms with E-state index in [-0.39, 0.29) is 5.56 Å². The summed E-state index contributed by atoms with van der Waals surface area (Å²) in [6.07, 6.45) is 1.55. The second-order valence-corrected chi connectivity index (χ2v) is 4.65. The molecule has 0 atom stereocenters. The van der Waals surface area contributed by atoms with Crippen molar-refractivity contribution in [2.45, 2.75) is 6.92 Å². The van der Waals surface area contributed by atoms with Crippen LogP contribution in [0.2, 0.25) is 0 Å². The maximum atomic E-state index is 11.0. The minimum absolute atomic E-state index is 0.147. The molecule has 5 heteroatoms. The van der Waals surface area contributed by atoms with Crippen molar-refractivity contribution >= 4 is 33.4 Å². The molecule has 1 aromatic heterocycles. The van der Waals surface area contributed by atoms with Crippen LogP contribution < -0.4 is 5.32 Å². The molecule has 0 unspecified atom stereocenters. The molecule has 1 aromatic carbocycles. The number of benzene rings is 1. The highest BCUT2D eigenvalue weighted by molar-refractivity contribution is 9.10. The quantitative estimate of drug-likeness (QED) is 0.909. The molecule has 92 valence electrons. The molecule has 2 aromatic rings. The second kappa shape index (κ2) is 5.18. The van der Waals surface area contributed by atoms with Crippen molar-refractivity contribution in [1.29, 1.82) is 0 Å². The van der Waals surface area contributed by atoms with Gasteiger partial charge < -0.3 is 10.4 Å². The van der Waals surface area contributed by atoms with Crippen LogP contribution in [0.5, 0.6) is 0 Å². The van der Waals surface area contributed by atoms with Crippen LogP contribution in [0.1, 0.15) is 15.9 Å². The largest absolute Gasteiger partial charge is 0.478 e. The van der Waals surface area contributed by atoms with Gasteiger partial charge in [0.25, 0.3) is 0 Å². The van der Waals surface area contributed by atoms with Crippen LogP contribution in [0, 0.1) is 6.92 Å². The van der Waals surface area contributed by atoms with E-state index in [1.54, 1.807) is 12.3 Å². The Labute approximate surface area is 113 Å². The van der Waals surface area contributed by atoms with Gasteiger partial charge in [0.1, 0.15) is 11.4 Å². The predicted molar refractivity (Wildman–Crippen MR) is 73.4 cm³/mol. The van der Waals surface area contributed by atoms with Crippen LogP contribution in [0.3, 0.4) is 0 Å². The number of halogens is 1. The van der Waals surface area contributed by atoms with Gasteiger partial charge in [-0.05, 0) is 36.8 Å². The molecule has 0 aliphatic carbocycles. The van der Waals surface area contributed by atoms with Crippen LogP contribution in [0.25, 0.3) is 0 Å². The third-order valence-corrected chi connectivity index (χ3v) is 3.33. The standard InChI is InChI=1S/C13H11BrN2O2/c1-8-4-5-9(7-11(8)14)16-12-10(13(17)18)3-2-6-15-12/h2-7H,1H3,(H,15,16)(H,17,18). The van der Waals surface area contributed by atoms with E-state index in [9.17, 15) is 4.79 Å². The number of aromatic nitrogens is 1. The number of pyridine rings is 1. The first-order valence-electron chi connectivity index (χ1n) is 5.29. The van der Waals surface area contributed by atoms with Gasteiger partial charge in [-0.25, -0.2) is 9.78 Å². The molecular weight excluding hydrogens is 296 g/mol. The number of hydrogen-bond acceptors (Lipinski definition) is 3. The van der Waals surface area contributed by atoms with E-state index in [1.807, 2.05) is 25.1 Å². The summed E-state index contributed by atoms with van der Waals surface area (Å²) in [7, 11) is 0. The highest BCUT2D eigenvalue weighted by atomic mass is 79.9. The van der Waals surface area contributed by atoms with Crippen molar-refractivity contribution in [1.82, 2.24) is 4.98 Å². The average molecular weight is 307 g/mol. The molecule has 0 saturated heterocycles. The lowest BCUT2D eigenvalue weighted by molar-refractivity contribution is 0.0697. The van der Waals surface area contributed by atoms with E-state index in [4.69, 9.17) is 5.11 Å². The number of hydrogen-bond donors (Lipinski definition) is 2. The molecule has 18 heavy (non-hydrogen) atoms. The Morgan fingerprint density at radius 1 is 1.39 bits per heavy atom. The minimum atomic E-state index is -1.00. The molecule has 0 aliphatic heterocycles. The monoisotopic (exact) mass is 306 g/mol. The first-order chi connectivity index (χ1) is 8.58. The van der Waals surface area contributed by atoms with Crippen LogP contribution in [0.15, 0.2) is 41.0 Å². The number of carbonyl (C=O) groups is 1. The van der Waals surface area contributed by atoms with Crippen LogP contribution in [-0.2, 0) is 0 Å². The van der Waals surface area contributed by atoms with E-state index in [1.165, 1.54) is 6.07 Å². The summed E-state index contributed by atoms with van der Waals surface area (Å²) >= 11 is 3.43. The number of nitrogens with zero attached hydrogens (tertiary/aromatic N) is 1. The number of aryl methyl sites for hydroxylation is 1. The van der Waals surface area contributed by atoms with Crippen LogP contribution in [-0.4, -0.2) is 16.1 Å². The zero-order chi connectivity index (χ0) is 13.1. The lowest BCUT2D eigenvalue weighted by atomic mass is 10.2. The Bertz CT molecular complexity index is 599. The van der Waals surface area contributed by atoms with Gasteiger partial charge in [-0.1, -0.05) is 22.0 Å². The average Bonchev–Trinajstić information content (AvgIpc) is 2.34. The number of carboxylic acids is 1. The third-order valence-electron chi connectivity index (χ3n) is 2.47. The van der Waals surface area contributed by atoms with E-state index in [0.717, 1.165) is 15.7 Å². The summed E-state index contributed by atoms with van der Waals surface area (Å²) in [6, 6.07) is 8.81. The zero-order valence-electron chi connectivity index (χ0n) is 9.64. The maximum Gasteiger partial charge on any atom is 0.339 e. The fourth-order valence-electron chi connectivity index (χ4n) is 1.48. The van der Waals surface area contributed by atoms with Gasteiger partial charge in [-0.2, -0.15) is 0 Å². The molecule has 0 aliphatic rings. The van der Waals surface area contributed by atoms with Gasteiger partial charge in [0, 0.05) is 16.4 Å². The molecule has 0 amide bonds. The molecule has 0 radical (unpaired) electrons. The molecule has 1 heterocycles. The fraction of sp³-hybridized carbons (Fsp3) is 0.0769. The first kappa shape index (κ1) is 12.6. The summed E-state index contributed by atoms with van der Waals surface area (Å²) in [5, 5.41) is 12.1. The van der Waals surface area contributed by atoms with Gasteiger partial charge in [-0.3, -0.25) is 0 Å². The van der Waals surface area contributed by atoms with Crippen LogP contribution >= 0.6 is 15.9 Å². The number of carboxylic acid groups (broad SMARTS) is 1. The zero-order valence-corrected chi connectivity index (χ0v) is 11.2. The summed E-state index contributed by atoms with van der Waals surface area (Å²) in [6.45, 7) is 1.98. The van der Waals surface area contributed by atoms with Gasteiger partial charge >= 0.3 is 5.97 Å². The number of aromatic carboxylic acids is 1. The molecule has 0 saturated carbocycles. The van der Waals surface area contributed by atoms with Crippen molar-refractivity contribution in [3.8, 4) is 0 Å². The predicted octanol–water partition coefficient (Wildman–Crippen LogP) is 3.59. The third kappa shape index (κ3) is 2.68. The second-order valence-electron chi connectivity index (χ2n) is 3.79. The first-order valence-corrected chi connectivity index (χ1v) is 6.08. The van der Waals surface area contributed by atoms with Crippen molar-refractivity contribution in [2.24, 2.45) is 0 Å². The Morgan fingerprint density at radius 2 is 2.17 bits per heavy atom. The Morgan fingerprint density at radius 3 is 2.83 bits per heavy atom. The number of anilines is 2. The van der Waals surface area contributed by atoms with Crippen molar-refractivity contribution < 1.29 is 9.90 Å². The molecule has 0 spiro atoms. The molecule has 0 bridgehead atoms. The molecule has 2 N–H and O–H groups in total. The van der Waals surface area contributed by atoms with E-state index in [2.05, 4.69) is 26.2 Å². The Balaban J connectivity index is 2.34. The van der Waals surface area contributed by atoms with Gasteiger partial charge in [0.15, 0.2) is 0 Å².